The van der Waals surface area contributed by atoms with Crippen LogP contribution in [0.2, 0.25) is 5.02 Å². The summed E-state index contributed by atoms with van der Waals surface area (Å²) in [7, 11) is 0. The Balaban J connectivity index is 1.95. The minimum absolute atomic E-state index is 0.386. The maximum absolute atomic E-state index is 13.5. The number of fused-ring (bicyclic) bond motifs is 1. The summed E-state index contributed by atoms with van der Waals surface area (Å²) >= 11 is 6.24. The van der Waals surface area contributed by atoms with Crippen LogP contribution in [0.25, 0.3) is 22.2 Å². The summed E-state index contributed by atoms with van der Waals surface area (Å²) < 4.78 is 5.85. The largest absolute Gasteiger partial charge is 0.423 e. The van der Waals surface area contributed by atoms with E-state index in [-0.39, 0.29) is 5.97 Å². The van der Waals surface area contributed by atoms with Crippen LogP contribution in [-0.4, -0.2) is 11.0 Å². The average Bonchev–Trinajstić information content (AvgIpc) is 2.66. The minimum atomic E-state index is -0.386. The Hall–Kier alpha value is -3.17. The van der Waals surface area contributed by atoms with Gasteiger partial charge < -0.3 is 4.74 Å². The van der Waals surface area contributed by atoms with E-state index in [0.717, 1.165) is 50.0 Å². The van der Waals surface area contributed by atoms with Gasteiger partial charge in [-0.25, -0.2) is 9.78 Å². The molecule has 0 aliphatic carbocycles. The molecule has 0 radical (unpaired) electrons. The maximum atomic E-state index is 13.5. The molecule has 0 spiro atoms. The first-order valence-electron chi connectivity index (χ1n) is 10.2. The number of carbonyl (C=O) groups is 1. The number of aromatic nitrogens is 1. The second kappa shape index (κ2) is 8.16. The molecular weight excluding hydrogens is 406 g/mol. The molecule has 0 fully saturated rings. The van der Waals surface area contributed by atoms with Gasteiger partial charge in [0.25, 0.3) is 0 Å². The lowest BCUT2D eigenvalue weighted by Crippen LogP contribution is -2.13. The van der Waals surface area contributed by atoms with Gasteiger partial charge in [0.1, 0.15) is 5.75 Å². The molecule has 1 aromatic heterocycles. The zero-order valence-electron chi connectivity index (χ0n) is 18.3. The van der Waals surface area contributed by atoms with Gasteiger partial charge in [0.2, 0.25) is 0 Å². The summed E-state index contributed by atoms with van der Waals surface area (Å²) in [5.41, 5.74) is 7.87. The number of ether oxygens (including phenoxy) is 1. The lowest BCUT2D eigenvalue weighted by Gasteiger charge is -2.16. The molecule has 0 saturated carbocycles. The quantitative estimate of drug-likeness (QED) is 0.253. The number of rotatable bonds is 3. The van der Waals surface area contributed by atoms with Crippen molar-refractivity contribution in [3.05, 3.63) is 93.0 Å². The van der Waals surface area contributed by atoms with Gasteiger partial charge in [-0.05, 0) is 87.2 Å². The van der Waals surface area contributed by atoms with E-state index in [1.54, 1.807) is 0 Å². The summed E-state index contributed by atoms with van der Waals surface area (Å²) in [6.45, 7) is 9.92. The van der Waals surface area contributed by atoms with Crippen LogP contribution in [0.1, 0.15) is 38.2 Å². The van der Waals surface area contributed by atoms with E-state index < -0.39 is 0 Å². The Morgan fingerprint density at radius 2 is 1.55 bits per heavy atom. The molecule has 0 atom stereocenters. The van der Waals surface area contributed by atoms with Crippen molar-refractivity contribution in [1.29, 1.82) is 0 Å². The van der Waals surface area contributed by atoms with Crippen LogP contribution in [0.5, 0.6) is 5.75 Å². The highest BCUT2D eigenvalue weighted by molar-refractivity contribution is 6.30. The van der Waals surface area contributed by atoms with Crippen molar-refractivity contribution in [2.24, 2.45) is 0 Å². The zero-order valence-corrected chi connectivity index (χ0v) is 19.1. The van der Waals surface area contributed by atoms with Crippen molar-refractivity contribution in [3.8, 4) is 17.0 Å². The number of nitrogens with zero attached hydrogens (tertiary/aromatic N) is 1. The summed E-state index contributed by atoms with van der Waals surface area (Å²) in [6, 6.07) is 17.4. The third kappa shape index (κ3) is 4.19. The van der Waals surface area contributed by atoms with Crippen molar-refractivity contribution in [3.63, 3.8) is 0 Å². The lowest BCUT2D eigenvalue weighted by molar-refractivity contribution is 0.0736. The standard InChI is InChI=1S/C27H24ClNO2/c1-15-9-16(2)12-22(11-15)31-27(30)24-19(5)26(20-7-6-8-21(28)14-20)29-25-18(4)10-17(3)13-23(24)25/h6-14H,1-5H3. The fourth-order valence-corrected chi connectivity index (χ4v) is 4.34. The highest BCUT2D eigenvalue weighted by Gasteiger charge is 2.22. The van der Waals surface area contributed by atoms with Crippen molar-refractivity contribution in [2.45, 2.75) is 34.6 Å². The second-order valence-electron chi connectivity index (χ2n) is 8.16. The first-order valence-corrected chi connectivity index (χ1v) is 10.6. The normalized spacial score (nSPS) is 11.0. The van der Waals surface area contributed by atoms with Crippen LogP contribution in [0.4, 0.5) is 0 Å². The molecule has 0 saturated heterocycles. The van der Waals surface area contributed by atoms with Crippen molar-refractivity contribution < 1.29 is 9.53 Å². The molecule has 0 aliphatic rings. The SMILES string of the molecule is Cc1cc(C)cc(OC(=O)c2c(C)c(-c3cccc(Cl)c3)nc3c(C)cc(C)cc23)c1. The summed E-state index contributed by atoms with van der Waals surface area (Å²) in [5.74, 6) is 0.156. The van der Waals surface area contributed by atoms with Gasteiger partial charge >= 0.3 is 5.97 Å². The molecule has 31 heavy (non-hydrogen) atoms. The molecule has 0 aliphatic heterocycles. The fourth-order valence-electron chi connectivity index (χ4n) is 4.14. The first kappa shape index (κ1) is 21.1. The first-order chi connectivity index (χ1) is 14.7. The third-order valence-corrected chi connectivity index (χ3v) is 5.61. The Bertz CT molecular complexity index is 1320. The number of halogens is 1. The minimum Gasteiger partial charge on any atom is -0.423 e. The van der Waals surface area contributed by atoms with E-state index in [1.165, 1.54) is 0 Å². The van der Waals surface area contributed by atoms with Gasteiger partial charge in [-0.2, -0.15) is 0 Å². The number of aryl methyl sites for hydroxylation is 4. The highest BCUT2D eigenvalue weighted by atomic mass is 35.5. The molecule has 0 N–H and O–H groups in total. The third-order valence-electron chi connectivity index (χ3n) is 5.38. The van der Waals surface area contributed by atoms with Crippen LogP contribution in [0.15, 0.2) is 54.6 Å². The molecule has 1 heterocycles. The van der Waals surface area contributed by atoms with Gasteiger partial charge in [0, 0.05) is 16.0 Å². The van der Waals surface area contributed by atoms with Crippen molar-refractivity contribution >= 4 is 28.5 Å². The molecule has 0 bridgehead atoms. The summed E-state index contributed by atoms with van der Waals surface area (Å²) in [4.78, 5) is 18.4. The Morgan fingerprint density at radius 1 is 0.871 bits per heavy atom. The van der Waals surface area contributed by atoms with Gasteiger partial charge in [0.15, 0.2) is 0 Å². The van der Waals surface area contributed by atoms with E-state index in [1.807, 2.05) is 83.1 Å². The van der Waals surface area contributed by atoms with Crippen LogP contribution in [0.3, 0.4) is 0 Å². The smallest absolute Gasteiger partial charge is 0.344 e. The van der Waals surface area contributed by atoms with Crippen LogP contribution in [-0.2, 0) is 0 Å². The topological polar surface area (TPSA) is 39.2 Å². The van der Waals surface area contributed by atoms with Crippen LogP contribution < -0.4 is 4.74 Å². The molecule has 0 amide bonds. The summed E-state index contributed by atoms with van der Waals surface area (Å²) in [6.07, 6.45) is 0. The maximum Gasteiger partial charge on any atom is 0.344 e. The Kier molecular flexibility index (Phi) is 5.55. The van der Waals surface area contributed by atoms with Crippen molar-refractivity contribution in [2.75, 3.05) is 0 Å². The van der Waals surface area contributed by atoms with Crippen LogP contribution >= 0.6 is 11.6 Å². The number of pyridine rings is 1. The average molecular weight is 430 g/mol. The van der Waals surface area contributed by atoms with E-state index in [0.29, 0.717) is 16.3 Å². The summed E-state index contributed by atoms with van der Waals surface area (Å²) in [5, 5.41) is 1.42. The van der Waals surface area contributed by atoms with E-state index >= 15 is 0 Å². The Morgan fingerprint density at radius 3 is 2.23 bits per heavy atom. The molecule has 156 valence electrons. The van der Waals surface area contributed by atoms with Crippen LogP contribution in [0, 0.1) is 34.6 Å². The second-order valence-corrected chi connectivity index (χ2v) is 8.60. The number of hydrogen-bond donors (Lipinski definition) is 0. The van der Waals surface area contributed by atoms with E-state index in [2.05, 4.69) is 6.07 Å². The van der Waals surface area contributed by atoms with Gasteiger partial charge in [-0.3, -0.25) is 0 Å². The van der Waals surface area contributed by atoms with Crippen molar-refractivity contribution in [1.82, 2.24) is 4.98 Å². The van der Waals surface area contributed by atoms with Gasteiger partial charge in [0.05, 0.1) is 16.8 Å². The number of carbonyl (C=O) groups excluding carboxylic acids is 1. The van der Waals surface area contributed by atoms with Gasteiger partial charge in [-0.1, -0.05) is 41.4 Å². The lowest BCUT2D eigenvalue weighted by atomic mass is 9.95. The van der Waals surface area contributed by atoms with E-state index in [9.17, 15) is 4.79 Å². The van der Waals surface area contributed by atoms with Gasteiger partial charge in [-0.15, -0.1) is 0 Å². The highest BCUT2D eigenvalue weighted by Crippen LogP contribution is 2.33. The molecule has 3 aromatic carbocycles. The molecule has 3 nitrogen and oxygen atoms in total. The predicted octanol–water partition coefficient (Wildman–Crippen LogP) is 7.32. The fraction of sp³-hybridized carbons (Fsp3) is 0.185. The predicted molar refractivity (Wildman–Crippen MR) is 127 cm³/mol. The number of hydrogen-bond acceptors (Lipinski definition) is 3. The molecule has 0 unspecified atom stereocenters. The molecule has 4 aromatic rings. The monoisotopic (exact) mass is 429 g/mol. The Labute approximate surface area is 187 Å². The number of benzene rings is 3. The molecule has 4 heteroatoms. The number of esters is 1. The molecule has 4 rings (SSSR count). The molecular formula is C27H24ClNO2. The van der Waals surface area contributed by atoms with E-state index in [4.69, 9.17) is 21.3 Å². The zero-order chi connectivity index (χ0) is 22.3.